The molecule has 0 aliphatic carbocycles. The van der Waals surface area contributed by atoms with Crippen LogP contribution in [0, 0.1) is 11.8 Å². The molecule has 0 bridgehead atoms. The van der Waals surface area contributed by atoms with E-state index < -0.39 is 5.97 Å². The fourth-order valence-electron chi connectivity index (χ4n) is 3.05. The minimum absolute atomic E-state index is 0.0611. The van der Waals surface area contributed by atoms with E-state index in [1.807, 2.05) is 9.80 Å². The SMILES string of the molecule is NCC1CCN(C(=O)N2CCCC(CC(=O)O)C2)C1. The van der Waals surface area contributed by atoms with E-state index in [2.05, 4.69) is 0 Å². The fraction of sp³-hybridized carbons (Fsp3) is 0.846. The van der Waals surface area contributed by atoms with Crippen LogP contribution >= 0.6 is 0 Å². The first-order valence-corrected chi connectivity index (χ1v) is 7.06. The maximum absolute atomic E-state index is 12.4. The minimum Gasteiger partial charge on any atom is -0.481 e. The maximum Gasteiger partial charge on any atom is 0.320 e. The minimum atomic E-state index is -0.774. The van der Waals surface area contributed by atoms with E-state index in [4.69, 9.17) is 10.8 Å². The summed E-state index contributed by atoms with van der Waals surface area (Å²) in [7, 11) is 0. The summed E-state index contributed by atoms with van der Waals surface area (Å²) < 4.78 is 0. The Morgan fingerprint density at radius 2 is 1.79 bits per heavy atom. The molecule has 2 atom stereocenters. The van der Waals surface area contributed by atoms with Crippen LogP contribution in [0.25, 0.3) is 0 Å². The van der Waals surface area contributed by atoms with Crippen LogP contribution in [0.4, 0.5) is 4.79 Å². The van der Waals surface area contributed by atoms with Crippen molar-refractivity contribution in [1.29, 1.82) is 0 Å². The third kappa shape index (κ3) is 3.59. The number of piperidine rings is 1. The number of carbonyl (C=O) groups is 2. The lowest BCUT2D eigenvalue weighted by molar-refractivity contribution is -0.138. The molecule has 2 rings (SSSR count). The zero-order valence-electron chi connectivity index (χ0n) is 11.3. The molecule has 2 fully saturated rings. The molecule has 2 aliphatic heterocycles. The van der Waals surface area contributed by atoms with E-state index in [1.165, 1.54) is 0 Å². The Balaban J connectivity index is 1.87. The lowest BCUT2D eigenvalue weighted by Crippen LogP contribution is -2.47. The zero-order chi connectivity index (χ0) is 13.8. The topological polar surface area (TPSA) is 86.9 Å². The number of hydrogen-bond acceptors (Lipinski definition) is 3. The van der Waals surface area contributed by atoms with Crippen LogP contribution in [-0.4, -0.2) is 59.6 Å². The number of hydrogen-bond donors (Lipinski definition) is 2. The van der Waals surface area contributed by atoms with Crippen molar-refractivity contribution in [2.45, 2.75) is 25.7 Å². The Bertz CT molecular complexity index is 348. The van der Waals surface area contributed by atoms with Crippen LogP contribution in [0.15, 0.2) is 0 Å². The highest BCUT2D eigenvalue weighted by molar-refractivity contribution is 5.75. The number of urea groups is 1. The fourth-order valence-corrected chi connectivity index (χ4v) is 3.05. The van der Waals surface area contributed by atoms with Crippen molar-refractivity contribution >= 4 is 12.0 Å². The van der Waals surface area contributed by atoms with E-state index in [0.29, 0.717) is 19.0 Å². The van der Waals surface area contributed by atoms with Gasteiger partial charge in [-0.1, -0.05) is 0 Å². The van der Waals surface area contributed by atoms with E-state index in [-0.39, 0.29) is 18.4 Å². The predicted molar refractivity (Wildman–Crippen MR) is 70.7 cm³/mol. The summed E-state index contributed by atoms with van der Waals surface area (Å²) in [6.45, 7) is 3.48. The monoisotopic (exact) mass is 269 g/mol. The largest absolute Gasteiger partial charge is 0.481 e. The van der Waals surface area contributed by atoms with Crippen LogP contribution in [0.1, 0.15) is 25.7 Å². The molecule has 3 N–H and O–H groups in total. The van der Waals surface area contributed by atoms with Crippen molar-refractivity contribution in [2.75, 3.05) is 32.7 Å². The molecule has 2 heterocycles. The van der Waals surface area contributed by atoms with Crippen molar-refractivity contribution in [3.8, 4) is 0 Å². The van der Waals surface area contributed by atoms with Gasteiger partial charge >= 0.3 is 12.0 Å². The van der Waals surface area contributed by atoms with E-state index in [9.17, 15) is 9.59 Å². The van der Waals surface area contributed by atoms with Gasteiger partial charge in [0.05, 0.1) is 0 Å². The van der Waals surface area contributed by atoms with Gasteiger partial charge in [-0.25, -0.2) is 4.79 Å². The lowest BCUT2D eigenvalue weighted by atomic mass is 9.95. The number of carboxylic acid groups (broad SMARTS) is 1. The smallest absolute Gasteiger partial charge is 0.320 e. The lowest BCUT2D eigenvalue weighted by Gasteiger charge is -2.34. The summed E-state index contributed by atoms with van der Waals surface area (Å²) in [5.41, 5.74) is 5.63. The van der Waals surface area contributed by atoms with E-state index in [1.54, 1.807) is 0 Å². The van der Waals surface area contributed by atoms with E-state index >= 15 is 0 Å². The molecule has 0 saturated carbocycles. The number of nitrogens with zero attached hydrogens (tertiary/aromatic N) is 2. The number of nitrogens with two attached hydrogens (primary N) is 1. The highest BCUT2D eigenvalue weighted by Gasteiger charge is 2.31. The molecule has 2 saturated heterocycles. The van der Waals surface area contributed by atoms with Gasteiger partial charge in [-0.15, -0.1) is 0 Å². The summed E-state index contributed by atoms with van der Waals surface area (Å²) in [4.78, 5) is 26.8. The van der Waals surface area contributed by atoms with Gasteiger partial charge in [0.2, 0.25) is 0 Å². The van der Waals surface area contributed by atoms with E-state index in [0.717, 1.165) is 38.9 Å². The summed E-state index contributed by atoms with van der Waals surface area (Å²) >= 11 is 0. The summed E-state index contributed by atoms with van der Waals surface area (Å²) in [6, 6.07) is 0.0611. The molecular weight excluding hydrogens is 246 g/mol. The number of carboxylic acids is 1. The Morgan fingerprint density at radius 3 is 2.42 bits per heavy atom. The highest BCUT2D eigenvalue weighted by atomic mass is 16.4. The molecule has 19 heavy (non-hydrogen) atoms. The van der Waals surface area contributed by atoms with Gasteiger partial charge in [-0.2, -0.15) is 0 Å². The van der Waals surface area contributed by atoms with Gasteiger partial charge in [0.15, 0.2) is 0 Å². The molecule has 2 unspecified atom stereocenters. The quantitative estimate of drug-likeness (QED) is 0.784. The average Bonchev–Trinajstić information content (AvgIpc) is 2.86. The second-order valence-corrected chi connectivity index (χ2v) is 5.67. The van der Waals surface area contributed by atoms with Crippen LogP contribution in [0.3, 0.4) is 0 Å². The molecule has 0 aromatic carbocycles. The molecule has 2 amide bonds. The number of carbonyl (C=O) groups excluding carboxylic acids is 1. The summed E-state index contributed by atoms with van der Waals surface area (Å²) in [5, 5.41) is 8.84. The van der Waals surface area contributed by atoms with Crippen molar-refractivity contribution in [3.05, 3.63) is 0 Å². The van der Waals surface area contributed by atoms with Gasteiger partial charge in [-0.05, 0) is 37.6 Å². The molecule has 0 spiro atoms. The molecule has 0 radical (unpaired) electrons. The Kier molecular flexibility index (Phi) is 4.63. The molecule has 108 valence electrons. The number of likely N-dealkylation sites (tertiary alicyclic amines) is 2. The van der Waals surface area contributed by atoms with Crippen molar-refractivity contribution < 1.29 is 14.7 Å². The maximum atomic E-state index is 12.4. The van der Waals surface area contributed by atoms with Crippen LogP contribution in [0.5, 0.6) is 0 Å². The third-order valence-corrected chi connectivity index (χ3v) is 4.14. The standard InChI is InChI=1S/C13H23N3O3/c14-7-11-3-5-16(9-11)13(19)15-4-1-2-10(8-15)6-12(17)18/h10-11H,1-9,14H2,(H,17,18). The first-order chi connectivity index (χ1) is 9.10. The normalized spacial score (nSPS) is 27.6. The molecule has 6 heteroatoms. The second-order valence-electron chi connectivity index (χ2n) is 5.67. The first-order valence-electron chi connectivity index (χ1n) is 7.06. The average molecular weight is 269 g/mol. The molecular formula is C13H23N3O3. The molecule has 0 aromatic rings. The zero-order valence-corrected chi connectivity index (χ0v) is 11.3. The Labute approximate surface area is 113 Å². The van der Waals surface area contributed by atoms with Gasteiger partial charge in [0, 0.05) is 32.6 Å². The molecule has 6 nitrogen and oxygen atoms in total. The summed E-state index contributed by atoms with van der Waals surface area (Å²) in [5.74, 6) is -0.254. The first kappa shape index (κ1) is 14.1. The van der Waals surface area contributed by atoms with Gasteiger partial charge < -0.3 is 20.6 Å². The van der Waals surface area contributed by atoms with Crippen molar-refractivity contribution in [1.82, 2.24) is 9.80 Å². The van der Waals surface area contributed by atoms with Gasteiger partial charge in [-0.3, -0.25) is 4.79 Å². The van der Waals surface area contributed by atoms with Crippen LogP contribution in [-0.2, 0) is 4.79 Å². The number of rotatable bonds is 3. The van der Waals surface area contributed by atoms with Gasteiger partial charge in [0.25, 0.3) is 0 Å². The number of amides is 2. The highest BCUT2D eigenvalue weighted by Crippen LogP contribution is 2.23. The van der Waals surface area contributed by atoms with Crippen LogP contribution in [0.2, 0.25) is 0 Å². The number of aliphatic carboxylic acids is 1. The Hall–Kier alpha value is -1.30. The molecule has 0 aromatic heterocycles. The van der Waals surface area contributed by atoms with Crippen LogP contribution < -0.4 is 5.73 Å². The molecule has 2 aliphatic rings. The summed E-state index contributed by atoms with van der Waals surface area (Å²) in [6.07, 6.45) is 2.95. The third-order valence-electron chi connectivity index (χ3n) is 4.14. The van der Waals surface area contributed by atoms with Crippen molar-refractivity contribution in [3.63, 3.8) is 0 Å². The van der Waals surface area contributed by atoms with Gasteiger partial charge in [0.1, 0.15) is 0 Å². The Morgan fingerprint density at radius 1 is 1.11 bits per heavy atom. The second kappa shape index (κ2) is 6.23. The predicted octanol–water partition coefficient (Wildman–Crippen LogP) is 0.574. The van der Waals surface area contributed by atoms with Crippen molar-refractivity contribution in [2.24, 2.45) is 17.6 Å².